The van der Waals surface area contributed by atoms with E-state index in [1.54, 1.807) is 13.1 Å². The fourth-order valence-electron chi connectivity index (χ4n) is 1.74. The summed E-state index contributed by atoms with van der Waals surface area (Å²) in [5, 5.41) is 14.2. The molecule has 18 heavy (non-hydrogen) atoms. The second-order valence-electron chi connectivity index (χ2n) is 4.04. The van der Waals surface area contributed by atoms with E-state index in [0.717, 1.165) is 16.5 Å². The smallest absolute Gasteiger partial charge is 0.255 e. The summed E-state index contributed by atoms with van der Waals surface area (Å²) in [6.45, 7) is 1.58. The van der Waals surface area contributed by atoms with Crippen molar-refractivity contribution in [3.63, 3.8) is 0 Å². The molecule has 3 rings (SSSR count). The van der Waals surface area contributed by atoms with Crippen molar-refractivity contribution in [3.05, 3.63) is 42.4 Å². The molecule has 1 aromatic carbocycles. The molecule has 0 radical (unpaired) electrons. The molecule has 0 saturated carbocycles. The lowest BCUT2D eigenvalue weighted by Gasteiger charge is -1.98. The molecule has 0 spiro atoms. The summed E-state index contributed by atoms with van der Waals surface area (Å²) in [6, 6.07) is 9.58. The van der Waals surface area contributed by atoms with Crippen LogP contribution in [0.3, 0.4) is 0 Å². The number of aromatic nitrogens is 3. The highest BCUT2D eigenvalue weighted by molar-refractivity contribution is 5.82. The Morgan fingerprint density at radius 1 is 1.28 bits per heavy atom. The lowest BCUT2D eigenvalue weighted by atomic mass is 10.1. The van der Waals surface area contributed by atoms with Gasteiger partial charge in [0.05, 0.1) is 5.52 Å². The summed E-state index contributed by atoms with van der Waals surface area (Å²) in [4.78, 5) is 8.38. The van der Waals surface area contributed by atoms with Crippen molar-refractivity contribution in [1.82, 2.24) is 15.1 Å². The summed E-state index contributed by atoms with van der Waals surface area (Å²) in [5.74, 6) is 0.688. The van der Waals surface area contributed by atoms with Gasteiger partial charge in [-0.05, 0) is 31.2 Å². The van der Waals surface area contributed by atoms with Crippen LogP contribution in [0, 0.1) is 0 Å². The molecule has 90 valence electrons. The number of aliphatic hydroxyl groups excluding tert-OH is 1. The van der Waals surface area contributed by atoms with Gasteiger partial charge in [0, 0.05) is 17.1 Å². The van der Waals surface area contributed by atoms with Crippen LogP contribution in [0.1, 0.15) is 18.9 Å². The molecule has 0 amide bonds. The highest BCUT2D eigenvalue weighted by atomic mass is 16.5. The van der Waals surface area contributed by atoms with E-state index in [0.29, 0.717) is 5.82 Å². The average Bonchev–Trinajstić information content (AvgIpc) is 2.88. The minimum Gasteiger partial charge on any atom is -0.384 e. The first-order valence-electron chi connectivity index (χ1n) is 5.61. The highest BCUT2D eigenvalue weighted by Crippen LogP contribution is 2.22. The van der Waals surface area contributed by atoms with Crippen LogP contribution >= 0.6 is 0 Å². The molecular formula is C13H11N3O2. The molecular weight excluding hydrogens is 230 g/mol. The Balaban J connectivity index is 2.07. The van der Waals surface area contributed by atoms with Gasteiger partial charge in [-0.1, -0.05) is 11.2 Å². The maximum Gasteiger partial charge on any atom is 0.255 e. The number of rotatable bonds is 2. The van der Waals surface area contributed by atoms with Crippen LogP contribution in [0.15, 0.2) is 41.1 Å². The molecule has 0 aliphatic heterocycles. The molecule has 2 aromatic heterocycles. The standard InChI is InChI=1S/C13H11N3O2/c1-8(17)13-15-12(16-18-13)10-4-5-11-9(7-10)3-2-6-14-11/h2-8,17H,1H3. The molecule has 1 N–H and O–H groups in total. The summed E-state index contributed by atoms with van der Waals surface area (Å²) in [6.07, 6.45) is 0.996. The van der Waals surface area contributed by atoms with Gasteiger partial charge < -0.3 is 9.63 Å². The molecule has 1 unspecified atom stereocenters. The maximum atomic E-state index is 9.35. The zero-order valence-electron chi connectivity index (χ0n) is 9.74. The van der Waals surface area contributed by atoms with Crippen molar-refractivity contribution >= 4 is 10.9 Å². The molecule has 0 fully saturated rings. The Labute approximate surface area is 103 Å². The number of benzene rings is 1. The van der Waals surface area contributed by atoms with Gasteiger partial charge in [0.2, 0.25) is 5.82 Å². The van der Waals surface area contributed by atoms with E-state index in [2.05, 4.69) is 15.1 Å². The van der Waals surface area contributed by atoms with Gasteiger partial charge in [-0.3, -0.25) is 4.98 Å². The van der Waals surface area contributed by atoms with E-state index in [4.69, 9.17) is 4.52 Å². The van der Waals surface area contributed by atoms with Gasteiger partial charge in [0.15, 0.2) is 0 Å². The van der Waals surface area contributed by atoms with Crippen LogP contribution in [-0.4, -0.2) is 20.2 Å². The first-order chi connectivity index (χ1) is 8.74. The topological polar surface area (TPSA) is 72.0 Å². The van der Waals surface area contributed by atoms with Crippen LogP contribution in [0.25, 0.3) is 22.3 Å². The first kappa shape index (κ1) is 10.9. The minimum absolute atomic E-state index is 0.219. The van der Waals surface area contributed by atoms with Gasteiger partial charge in [-0.15, -0.1) is 0 Å². The normalized spacial score (nSPS) is 12.8. The van der Waals surface area contributed by atoms with Crippen LogP contribution in [0.5, 0.6) is 0 Å². The largest absolute Gasteiger partial charge is 0.384 e. The molecule has 2 heterocycles. The zero-order valence-corrected chi connectivity index (χ0v) is 9.74. The Bertz CT molecular complexity index is 691. The number of hydrogen-bond donors (Lipinski definition) is 1. The van der Waals surface area contributed by atoms with Gasteiger partial charge in [0.1, 0.15) is 6.10 Å². The summed E-state index contributed by atoms with van der Waals surface area (Å²) < 4.78 is 4.97. The molecule has 0 saturated heterocycles. The Hall–Kier alpha value is -2.27. The molecule has 5 nitrogen and oxygen atoms in total. The van der Waals surface area contributed by atoms with E-state index in [1.807, 2.05) is 30.3 Å². The molecule has 0 bridgehead atoms. The van der Waals surface area contributed by atoms with Crippen molar-refractivity contribution in [1.29, 1.82) is 0 Å². The third-order valence-electron chi connectivity index (χ3n) is 2.66. The number of hydrogen-bond acceptors (Lipinski definition) is 5. The second-order valence-corrected chi connectivity index (χ2v) is 4.04. The first-order valence-corrected chi connectivity index (χ1v) is 5.61. The predicted molar refractivity (Wildman–Crippen MR) is 65.7 cm³/mol. The lowest BCUT2D eigenvalue weighted by molar-refractivity contribution is 0.152. The number of nitrogens with zero attached hydrogens (tertiary/aromatic N) is 3. The maximum absolute atomic E-state index is 9.35. The molecule has 0 aliphatic rings. The number of pyridine rings is 1. The number of fused-ring (bicyclic) bond motifs is 1. The van der Waals surface area contributed by atoms with E-state index in [1.165, 1.54) is 0 Å². The summed E-state index contributed by atoms with van der Waals surface area (Å²) in [5.41, 5.74) is 1.76. The third-order valence-corrected chi connectivity index (χ3v) is 2.66. The molecule has 3 aromatic rings. The Kier molecular flexibility index (Phi) is 2.53. The van der Waals surface area contributed by atoms with Gasteiger partial charge in [-0.2, -0.15) is 4.98 Å². The molecule has 5 heteroatoms. The quantitative estimate of drug-likeness (QED) is 0.745. The van der Waals surface area contributed by atoms with E-state index in [9.17, 15) is 5.11 Å². The van der Waals surface area contributed by atoms with E-state index in [-0.39, 0.29) is 5.89 Å². The van der Waals surface area contributed by atoms with Gasteiger partial charge >= 0.3 is 0 Å². The lowest BCUT2D eigenvalue weighted by Crippen LogP contribution is -1.90. The van der Waals surface area contributed by atoms with Crippen molar-refractivity contribution in [2.75, 3.05) is 0 Å². The van der Waals surface area contributed by atoms with Crippen LogP contribution < -0.4 is 0 Å². The van der Waals surface area contributed by atoms with Crippen LogP contribution in [0.4, 0.5) is 0 Å². The minimum atomic E-state index is -0.756. The van der Waals surface area contributed by atoms with E-state index < -0.39 is 6.10 Å². The van der Waals surface area contributed by atoms with Crippen molar-refractivity contribution < 1.29 is 9.63 Å². The van der Waals surface area contributed by atoms with Gasteiger partial charge in [0.25, 0.3) is 5.89 Å². The average molecular weight is 241 g/mol. The monoisotopic (exact) mass is 241 g/mol. The second kappa shape index (κ2) is 4.19. The van der Waals surface area contributed by atoms with Crippen molar-refractivity contribution in [2.45, 2.75) is 13.0 Å². The van der Waals surface area contributed by atoms with Crippen LogP contribution in [0.2, 0.25) is 0 Å². The molecule has 1 atom stereocenters. The fraction of sp³-hybridized carbons (Fsp3) is 0.154. The third kappa shape index (κ3) is 1.84. The van der Waals surface area contributed by atoms with Crippen molar-refractivity contribution in [2.24, 2.45) is 0 Å². The highest BCUT2D eigenvalue weighted by Gasteiger charge is 2.12. The fourth-order valence-corrected chi connectivity index (χ4v) is 1.74. The van der Waals surface area contributed by atoms with E-state index >= 15 is 0 Å². The van der Waals surface area contributed by atoms with Gasteiger partial charge in [-0.25, -0.2) is 0 Å². The predicted octanol–water partition coefficient (Wildman–Crippen LogP) is 2.34. The number of aliphatic hydroxyl groups is 1. The Morgan fingerprint density at radius 3 is 2.94 bits per heavy atom. The van der Waals surface area contributed by atoms with Crippen molar-refractivity contribution in [3.8, 4) is 11.4 Å². The molecule has 0 aliphatic carbocycles. The van der Waals surface area contributed by atoms with Crippen LogP contribution in [-0.2, 0) is 0 Å². The Morgan fingerprint density at radius 2 is 2.17 bits per heavy atom. The SMILES string of the molecule is CC(O)c1nc(-c2ccc3ncccc3c2)no1. The summed E-state index contributed by atoms with van der Waals surface area (Å²) in [7, 11) is 0. The zero-order chi connectivity index (χ0) is 12.5. The summed E-state index contributed by atoms with van der Waals surface area (Å²) >= 11 is 0.